The van der Waals surface area contributed by atoms with Gasteiger partial charge in [-0.2, -0.15) is 5.26 Å². The van der Waals surface area contributed by atoms with Gasteiger partial charge < -0.3 is 5.11 Å². The predicted octanol–water partition coefficient (Wildman–Crippen LogP) is 3.59. The number of nitriles is 1. The van der Waals surface area contributed by atoms with Crippen molar-refractivity contribution in [3.63, 3.8) is 0 Å². The molecule has 1 N–H and O–H groups in total. The predicted molar refractivity (Wildman–Crippen MR) is 69.6 cm³/mol. The van der Waals surface area contributed by atoms with Crippen LogP contribution in [-0.4, -0.2) is 5.11 Å². The summed E-state index contributed by atoms with van der Waals surface area (Å²) < 4.78 is 0. The molecule has 0 aliphatic heterocycles. The van der Waals surface area contributed by atoms with E-state index < -0.39 is 6.10 Å². The van der Waals surface area contributed by atoms with Gasteiger partial charge in [-0.1, -0.05) is 31.0 Å². The van der Waals surface area contributed by atoms with Crippen LogP contribution < -0.4 is 0 Å². The molecule has 0 amide bonds. The number of benzene rings is 1. The van der Waals surface area contributed by atoms with E-state index in [-0.39, 0.29) is 5.92 Å². The first-order chi connectivity index (χ1) is 8.01. The van der Waals surface area contributed by atoms with Crippen LogP contribution in [0.15, 0.2) is 12.1 Å². The molecule has 0 radical (unpaired) electrons. The molecule has 2 nitrogen and oxygen atoms in total. The zero-order chi connectivity index (χ0) is 13.0. The fourth-order valence-electron chi connectivity index (χ4n) is 2.46. The number of rotatable bonds is 4. The standard InChI is InChI=1S/C15H21NO/c1-5-6-13(9-16)15(17)14-11(3)7-10(2)8-12(14)4/h7-8,13,15,17H,5-6H2,1-4H3. The molecule has 0 spiro atoms. The van der Waals surface area contributed by atoms with Crippen molar-refractivity contribution >= 4 is 0 Å². The quantitative estimate of drug-likeness (QED) is 0.860. The molecule has 17 heavy (non-hydrogen) atoms. The third-order valence-corrected chi connectivity index (χ3v) is 3.18. The van der Waals surface area contributed by atoms with Crippen molar-refractivity contribution in [1.82, 2.24) is 0 Å². The normalized spacial score (nSPS) is 14.1. The molecular weight excluding hydrogens is 210 g/mol. The molecule has 1 aromatic carbocycles. The van der Waals surface area contributed by atoms with E-state index in [9.17, 15) is 5.11 Å². The van der Waals surface area contributed by atoms with Crippen molar-refractivity contribution in [3.05, 3.63) is 34.4 Å². The van der Waals surface area contributed by atoms with Gasteiger partial charge >= 0.3 is 0 Å². The maximum Gasteiger partial charge on any atom is 0.0953 e. The molecule has 0 saturated heterocycles. The Morgan fingerprint density at radius 3 is 2.18 bits per heavy atom. The van der Waals surface area contributed by atoms with E-state index in [2.05, 4.69) is 18.2 Å². The van der Waals surface area contributed by atoms with Gasteiger partial charge in [0, 0.05) is 0 Å². The monoisotopic (exact) mass is 231 g/mol. The van der Waals surface area contributed by atoms with Crippen LogP contribution in [0.2, 0.25) is 0 Å². The Hall–Kier alpha value is -1.33. The highest BCUT2D eigenvalue weighted by Gasteiger charge is 2.22. The lowest BCUT2D eigenvalue weighted by atomic mass is 9.87. The zero-order valence-electron chi connectivity index (χ0n) is 11.1. The molecule has 0 aliphatic carbocycles. The van der Waals surface area contributed by atoms with Gasteiger partial charge in [0.25, 0.3) is 0 Å². The van der Waals surface area contributed by atoms with Crippen molar-refractivity contribution < 1.29 is 5.11 Å². The zero-order valence-corrected chi connectivity index (χ0v) is 11.1. The Bertz CT molecular complexity index is 408. The van der Waals surface area contributed by atoms with E-state index in [0.717, 1.165) is 29.5 Å². The van der Waals surface area contributed by atoms with Crippen molar-refractivity contribution in [3.8, 4) is 6.07 Å². The Morgan fingerprint density at radius 2 is 1.76 bits per heavy atom. The molecule has 2 unspecified atom stereocenters. The Morgan fingerprint density at radius 1 is 1.24 bits per heavy atom. The van der Waals surface area contributed by atoms with Gasteiger partial charge in [0.1, 0.15) is 0 Å². The van der Waals surface area contributed by atoms with Gasteiger partial charge in [-0.15, -0.1) is 0 Å². The topological polar surface area (TPSA) is 44.0 Å². The molecule has 92 valence electrons. The van der Waals surface area contributed by atoms with Crippen molar-refractivity contribution in [2.45, 2.75) is 46.6 Å². The molecule has 0 aliphatic rings. The van der Waals surface area contributed by atoms with E-state index in [0.29, 0.717) is 0 Å². The van der Waals surface area contributed by atoms with Gasteiger partial charge in [0.2, 0.25) is 0 Å². The molecule has 2 heteroatoms. The Kier molecular flexibility index (Phi) is 4.72. The maximum atomic E-state index is 10.3. The summed E-state index contributed by atoms with van der Waals surface area (Å²) in [6.07, 6.45) is 0.990. The number of hydrogen-bond acceptors (Lipinski definition) is 2. The van der Waals surface area contributed by atoms with Crippen LogP contribution in [0.1, 0.15) is 48.1 Å². The summed E-state index contributed by atoms with van der Waals surface area (Å²) in [6.45, 7) is 8.08. The Balaban J connectivity index is 3.12. The number of aliphatic hydroxyl groups is 1. The second-order valence-corrected chi connectivity index (χ2v) is 4.78. The van der Waals surface area contributed by atoms with Gasteiger partial charge in [0.15, 0.2) is 0 Å². The van der Waals surface area contributed by atoms with E-state index in [1.54, 1.807) is 0 Å². The first-order valence-corrected chi connectivity index (χ1v) is 6.16. The fraction of sp³-hybridized carbons (Fsp3) is 0.533. The number of nitrogens with zero attached hydrogens (tertiary/aromatic N) is 1. The number of hydrogen-bond donors (Lipinski definition) is 1. The van der Waals surface area contributed by atoms with Crippen LogP contribution in [0.25, 0.3) is 0 Å². The molecule has 1 aromatic rings. The molecule has 2 atom stereocenters. The SMILES string of the molecule is CCCC(C#N)C(O)c1c(C)cc(C)cc1C. The lowest BCUT2D eigenvalue weighted by Gasteiger charge is -2.21. The van der Waals surface area contributed by atoms with Crippen LogP contribution in [0.5, 0.6) is 0 Å². The Labute approximate surface area is 104 Å². The largest absolute Gasteiger partial charge is 0.387 e. The second-order valence-electron chi connectivity index (χ2n) is 4.78. The summed E-state index contributed by atoms with van der Waals surface area (Å²) in [5, 5.41) is 19.5. The third-order valence-electron chi connectivity index (χ3n) is 3.18. The van der Waals surface area contributed by atoms with Crippen molar-refractivity contribution in [2.75, 3.05) is 0 Å². The third kappa shape index (κ3) is 3.08. The maximum absolute atomic E-state index is 10.3. The van der Waals surface area contributed by atoms with Gasteiger partial charge in [-0.05, 0) is 43.9 Å². The number of aliphatic hydroxyl groups excluding tert-OH is 1. The minimum atomic E-state index is -0.666. The summed E-state index contributed by atoms with van der Waals surface area (Å²) in [7, 11) is 0. The van der Waals surface area contributed by atoms with E-state index >= 15 is 0 Å². The highest BCUT2D eigenvalue weighted by atomic mass is 16.3. The van der Waals surface area contributed by atoms with Gasteiger partial charge in [-0.3, -0.25) is 0 Å². The summed E-state index contributed by atoms with van der Waals surface area (Å²) >= 11 is 0. The van der Waals surface area contributed by atoms with E-state index in [1.165, 1.54) is 5.56 Å². The number of aryl methyl sites for hydroxylation is 3. The van der Waals surface area contributed by atoms with Crippen LogP contribution in [0.3, 0.4) is 0 Å². The average molecular weight is 231 g/mol. The van der Waals surface area contributed by atoms with Crippen molar-refractivity contribution in [2.24, 2.45) is 5.92 Å². The first kappa shape index (κ1) is 13.7. The van der Waals surface area contributed by atoms with Gasteiger partial charge in [0.05, 0.1) is 18.1 Å². The minimum Gasteiger partial charge on any atom is -0.387 e. The molecular formula is C15H21NO. The van der Waals surface area contributed by atoms with E-state index in [1.807, 2.05) is 27.7 Å². The molecule has 0 fully saturated rings. The molecule has 1 rings (SSSR count). The van der Waals surface area contributed by atoms with Crippen LogP contribution in [-0.2, 0) is 0 Å². The molecule has 0 heterocycles. The highest BCUT2D eigenvalue weighted by Crippen LogP contribution is 2.30. The lowest BCUT2D eigenvalue weighted by molar-refractivity contribution is 0.128. The first-order valence-electron chi connectivity index (χ1n) is 6.16. The lowest BCUT2D eigenvalue weighted by Crippen LogP contribution is -2.13. The van der Waals surface area contributed by atoms with Gasteiger partial charge in [-0.25, -0.2) is 0 Å². The average Bonchev–Trinajstić information content (AvgIpc) is 2.24. The summed E-state index contributed by atoms with van der Waals surface area (Å²) in [4.78, 5) is 0. The minimum absolute atomic E-state index is 0.305. The van der Waals surface area contributed by atoms with Crippen LogP contribution >= 0.6 is 0 Å². The molecule has 0 aromatic heterocycles. The summed E-state index contributed by atoms with van der Waals surface area (Å²) in [6, 6.07) is 6.34. The summed E-state index contributed by atoms with van der Waals surface area (Å²) in [5.74, 6) is -0.305. The second kappa shape index (κ2) is 5.84. The summed E-state index contributed by atoms with van der Waals surface area (Å²) in [5.41, 5.74) is 4.27. The van der Waals surface area contributed by atoms with E-state index in [4.69, 9.17) is 5.26 Å². The highest BCUT2D eigenvalue weighted by molar-refractivity contribution is 5.39. The van der Waals surface area contributed by atoms with Crippen LogP contribution in [0, 0.1) is 38.0 Å². The smallest absolute Gasteiger partial charge is 0.0953 e. The molecule has 0 bridgehead atoms. The fourth-order valence-corrected chi connectivity index (χ4v) is 2.46. The van der Waals surface area contributed by atoms with Crippen molar-refractivity contribution in [1.29, 1.82) is 5.26 Å². The van der Waals surface area contributed by atoms with Crippen LogP contribution in [0.4, 0.5) is 0 Å². The molecule has 0 saturated carbocycles.